The number of aliphatic hydroxyl groups excluding tert-OH is 2. The van der Waals surface area contributed by atoms with Crippen molar-refractivity contribution in [3.8, 4) is 11.8 Å². The molecule has 4 aromatic heterocycles. The highest BCUT2D eigenvalue weighted by Gasteiger charge is 2.71. The Morgan fingerprint density at radius 2 is 1.07 bits per heavy atom. The zero-order valence-corrected chi connectivity index (χ0v) is 73.0. The van der Waals surface area contributed by atoms with E-state index in [2.05, 4.69) is 62.5 Å². The van der Waals surface area contributed by atoms with Crippen LogP contribution in [0.25, 0.3) is 22.3 Å². The number of hydrogen-bond donors (Lipinski definition) is 6. The van der Waals surface area contributed by atoms with Crippen LogP contribution in [-0.2, 0) is 102 Å². The zero-order chi connectivity index (χ0) is 90.4. The molecule has 8 aliphatic heterocycles. The molecule has 0 bridgehead atoms. The van der Waals surface area contributed by atoms with Gasteiger partial charge in [-0.25, -0.2) is 79.8 Å². The molecule has 0 radical (unpaired) electrons. The Labute approximate surface area is 706 Å². The van der Waals surface area contributed by atoms with Crippen LogP contribution in [-0.4, -0.2) is 272 Å². The van der Waals surface area contributed by atoms with Gasteiger partial charge in [0.15, 0.2) is 77.9 Å². The smallest absolute Gasteiger partial charge is 0.476 e. The van der Waals surface area contributed by atoms with Crippen molar-refractivity contribution in [3.63, 3.8) is 0 Å². The summed E-state index contributed by atoms with van der Waals surface area (Å²) in [5, 5.41) is 42.7. The summed E-state index contributed by atoms with van der Waals surface area (Å²) in [5.74, 6) is -4.70. The number of fused-ring (bicyclic) bond motifs is 4. The fourth-order valence-electron chi connectivity index (χ4n) is 12.7. The molecule has 44 nitrogen and oxygen atoms in total. The average molecular weight is 1840 g/mol. The Morgan fingerprint density at radius 1 is 0.656 bits per heavy atom. The van der Waals surface area contributed by atoms with Crippen LogP contribution >= 0.6 is 46.7 Å². The summed E-state index contributed by atoms with van der Waals surface area (Å²) < 4.78 is 206. The van der Waals surface area contributed by atoms with Gasteiger partial charge in [-0.15, -0.1) is 23.2 Å². The van der Waals surface area contributed by atoms with Crippen LogP contribution in [0.3, 0.4) is 0 Å². The minimum absolute atomic E-state index is 0.0225. The average Bonchev–Trinajstić information content (AvgIpc) is 1.56. The molecule has 682 valence electrons. The van der Waals surface area contributed by atoms with E-state index in [1.807, 2.05) is 0 Å². The van der Waals surface area contributed by atoms with Crippen LogP contribution in [0.2, 0.25) is 0 Å². The zero-order valence-electron chi connectivity index (χ0n) is 68.8. The van der Waals surface area contributed by atoms with Gasteiger partial charge in [0, 0.05) is 18.8 Å². The lowest BCUT2D eigenvalue weighted by Crippen LogP contribution is -2.52. The number of aromatic nitrogens is 8. The lowest BCUT2D eigenvalue weighted by Gasteiger charge is -2.37. The van der Waals surface area contributed by atoms with Crippen LogP contribution in [0, 0.1) is 13.8 Å². The fourth-order valence-corrected chi connectivity index (χ4v) is 17.5. The molecular weight excluding hydrogens is 1740 g/mol. The number of phosphoric acid groups is 3. The normalized spacial score (nSPS) is 32.3. The van der Waals surface area contributed by atoms with E-state index < -0.39 is 208 Å². The van der Waals surface area contributed by atoms with Crippen molar-refractivity contribution >= 4 is 98.9 Å². The van der Waals surface area contributed by atoms with Crippen molar-refractivity contribution in [3.05, 3.63) is 73.7 Å². The summed E-state index contributed by atoms with van der Waals surface area (Å²) in [7, 11) is -12.9. The van der Waals surface area contributed by atoms with Gasteiger partial charge in [-0.3, -0.25) is 45.6 Å². The number of carbonyl (C=O) groups excluding carboxylic acids is 3. The van der Waals surface area contributed by atoms with E-state index in [0.717, 1.165) is 0 Å². The first-order valence-electron chi connectivity index (χ1n) is 37.6. The third-order valence-corrected chi connectivity index (χ3v) is 23.4. The third-order valence-electron chi connectivity index (χ3n) is 18.1. The summed E-state index contributed by atoms with van der Waals surface area (Å²) >= 11 is 11.9. The molecule has 8 aliphatic rings. The number of nitrogens with two attached hydrogens (primary N) is 2. The molecule has 122 heavy (non-hydrogen) atoms. The van der Waals surface area contributed by atoms with Crippen molar-refractivity contribution in [2.75, 3.05) is 65.0 Å². The first-order chi connectivity index (χ1) is 57.1. The van der Waals surface area contributed by atoms with Crippen LogP contribution in [0.4, 0.5) is 27.2 Å². The number of nitrogens with zero attached hydrogens (tertiary/aromatic N) is 12. The fraction of sp³-hybridized carbons (Fsp3) is 0.667. The van der Waals surface area contributed by atoms with Gasteiger partial charge < -0.3 is 93.8 Å². The maximum atomic E-state index is 15.6. The minimum Gasteiger partial charge on any atom is -0.476 e. The van der Waals surface area contributed by atoms with Crippen LogP contribution in [0.1, 0.15) is 121 Å². The van der Waals surface area contributed by atoms with Gasteiger partial charge >= 0.3 is 41.7 Å². The van der Waals surface area contributed by atoms with E-state index in [-0.39, 0.29) is 58.7 Å². The number of aliphatic hydroxyl groups is 4. The Hall–Kier alpha value is -7.48. The number of aliphatic imine (C=N–C) groups is 2. The van der Waals surface area contributed by atoms with Gasteiger partial charge in [-0.1, -0.05) is 20.1 Å². The number of alkyl halides is 6. The molecule has 0 aliphatic carbocycles. The number of amidine groups is 2. The first kappa shape index (κ1) is 98.3. The maximum Gasteiger partial charge on any atom is 0.510 e. The number of phosphoric ester groups is 3. The summed E-state index contributed by atoms with van der Waals surface area (Å²) in [4.78, 5) is 70.7. The Balaban J connectivity index is 0.000000187. The van der Waals surface area contributed by atoms with E-state index in [0.29, 0.717) is 35.9 Å². The molecule has 0 aromatic carbocycles. The second-order valence-corrected chi connectivity index (χ2v) is 34.6. The van der Waals surface area contributed by atoms with Crippen LogP contribution in [0.5, 0.6) is 11.8 Å². The number of carbonyl (C=O) groups is 3. The van der Waals surface area contributed by atoms with E-state index in [1.165, 1.54) is 70.0 Å². The van der Waals surface area contributed by atoms with Crippen molar-refractivity contribution in [2.45, 2.75) is 230 Å². The summed E-state index contributed by atoms with van der Waals surface area (Å²) in [5.41, 5.74) is 4.91. The molecule has 4 aromatic rings. The Morgan fingerprint density at radius 3 is 1.43 bits per heavy atom. The van der Waals surface area contributed by atoms with Gasteiger partial charge in [0.1, 0.15) is 76.7 Å². The topological polar surface area (TPSA) is 538 Å². The van der Waals surface area contributed by atoms with E-state index >= 15 is 13.2 Å². The molecule has 6 fully saturated rings. The summed E-state index contributed by atoms with van der Waals surface area (Å²) in [6.07, 6.45) is -11.6. The van der Waals surface area contributed by atoms with Crippen molar-refractivity contribution in [1.82, 2.24) is 48.8 Å². The van der Waals surface area contributed by atoms with Gasteiger partial charge in [-0.2, -0.15) is 9.97 Å². The molecule has 8 N–H and O–H groups in total. The molecule has 0 spiro atoms. The Bertz CT molecular complexity index is 4520. The standard InChI is InChI=1S/C21H32ClFN3O12P.2C17H24FN4O7P.C14H19ClFN3O4/c1-12(2)36-19(28)31-10-34-39(30,35-11-32-20(29)37-13(3)4)33-9-21(8-22)17(27)16(23)18(38-21)26-7-6-15(24)25-14(26)5;2*1-6-25-13-11-12(20-10(4)21-13)22(8-19-11)15-16(5,23)14-17(18,27-15)7-26-30(24,29-14)28-9(2)3;1-3-10(21)22-12-11(16)13(23-14(12,6-15)7-20)19-5-4-9(17)18-8(19)2/h6-7,12-13,16-18,27H,5,8-11H2,1-4H3,(H2,24,25);2*8-9,14-15,23H,6-7H2,1-5H3;4-5,11-13,20H,2-3,6-7H2,1H3,(H2,17,18)/t16-,17+,18-,21-;14-,15+,16+,17+,30+;14-,15+,16+,17+,30-;11-,12+,13-,14-/m1001/s1. The summed E-state index contributed by atoms with van der Waals surface area (Å²) in [6, 6.07) is 0. The minimum atomic E-state index is -4.75. The highest BCUT2D eigenvalue weighted by atomic mass is 35.5. The van der Waals surface area contributed by atoms with Gasteiger partial charge in [-0.05, 0) is 109 Å². The molecule has 0 amide bonds. The lowest BCUT2D eigenvalue weighted by atomic mass is 9.95. The van der Waals surface area contributed by atoms with Gasteiger partial charge in [0.2, 0.25) is 25.3 Å². The van der Waals surface area contributed by atoms with Crippen molar-refractivity contribution in [2.24, 2.45) is 21.5 Å². The SMILES string of the molecule is C=C1N=C(N)C=CN1[C@@H]1O[C@@](CO)(CCl)[C@@H](OC(=O)CC)[C@H]1F.C=C1N=C(N)C=CN1[C@@H]1O[C@](CCl)(COP(=O)(OCOC(=O)OC(C)C)OCOC(=O)OC(C)C)[C@@H](O)[C@H]1F.CCOc1nc(C)nc2c1ncn2[C@@H]1O[C@]2(F)CO[P@@](=O)(OC(C)C)O[C@H]2[C@@]1(C)O.CCOc1nc(C)nc2c1ncn2[C@@H]1O[C@]2(F)CO[P@](=O)(OC(C)C)O[C@H]2[C@@]1(C)O. The van der Waals surface area contributed by atoms with Crippen molar-refractivity contribution in [1.29, 1.82) is 0 Å². The molecule has 12 heterocycles. The van der Waals surface area contributed by atoms with Gasteiger partial charge in [0.05, 0.1) is 75.3 Å². The molecule has 18 atom stereocenters. The second kappa shape index (κ2) is 39.6. The number of imidazole rings is 2. The van der Waals surface area contributed by atoms with E-state index in [4.69, 9.17) is 118 Å². The largest absolute Gasteiger partial charge is 0.510 e. The van der Waals surface area contributed by atoms with E-state index in [1.54, 1.807) is 90.0 Å². The highest BCUT2D eigenvalue weighted by Crippen LogP contribution is 2.65. The molecule has 6 saturated heterocycles. The highest BCUT2D eigenvalue weighted by molar-refractivity contribution is 7.49. The number of rotatable bonds is 28. The summed E-state index contributed by atoms with van der Waals surface area (Å²) in [6.45, 7) is 27.1. The van der Waals surface area contributed by atoms with Gasteiger partial charge in [0.25, 0.3) is 11.7 Å². The predicted molar refractivity (Wildman–Crippen MR) is 415 cm³/mol. The number of aryl methyl sites for hydroxylation is 2. The van der Waals surface area contributed by atoms with Crippen LogP contribution in [0.15, 0.2) is 72.0 Å². The lowest BCUT2D eigenvalue weighted by molar-refractivity contribution is -0.220. The number of ether oxygens (including phenoxy) is 11. The van der Waals surface area contributed by atoms with Crippen LogP contribution < -0.4 is 20.9 Å². The number of esters is 1. The molecule has 12 rings (SSSR count). The second-order valence-electron chi connectivity index (χ2n) is 29.2. The molecule has 53 heteroatoms. The van der Waals surface area contributed by atoms with Crippen molar-refractivity contribution < 1.29 is 159 Å². The first-order valence-corrected chi connectivity index (χ1v) is 43.1. The monoisotopic (exact) mass is 1840 g/mol. The molecular formula is C69H99Cl2F4N14O30P3. The Kier molecular flexibility index (Phi) is 31.9. The molecule has 0 unspecified atom stereocenters. The third kappa shape index (κ3) is 21.9. The predicted octanol–water partition coefficient (Wildman–Crippen LogP) is 8.36. The molecule has 0 saturated carbocycles. The maximum absolute atomic E-state index is 15.6. The number of halogens is 6. The van der Waals surface area contributed by atoms with E-state index in [9.17, 15) is 52.9 Å². The number of hydrogen-bond acceptors (Lipinski definition) is 42. The quantitative estimate of drug-likeness (QED) is 0.00776.